The van der Waals surface area contributed by atoms with Gasteiger partial charge in [-0.3, -0.25) is 4.79 Å². The third-order valence-corrected chi connectivity index (χ3v) is 3.02. The van der Waals surface area contributed by atoms with E-state index in [0.717, 1.165) is 25.1 Å². The summed E-state index contributed by atoms with van der Waals surface area (Å²) in [5.74, 6) is 0.134. The first-order chi connectivity index (χ1) is 8.66. The van der Waals surface area contributed by atoms with Crippen LogP contribution in [0.5, 0.6) is 0 Å². The summed E-state index contributed by atoms with van der Waals surface area (Å²) in [7, 11) is 0. The van der Waals surface area contributed by atoms with Crippen LogP contribution < -0.4 is 5.32 Å². The second kappa shape index (κ2) is 5.91. The summed E-state index contributed by atoms with van der Waals surface area (Å²) in [6, 6.07) is 3.56. The molecule has 1 fully saturated rings. The maximum atomic E-state index is 11.8. The maximum absolute atomic E-state index is 11.8. The van der Waals surface area contributed by atoms with E-state index >= 15 is 0 Å². The highest BCUT2D eigenvalue weighted by Crippen LogP contribution is 2.11. The fourth-order valence-corrected chi connectivity index (χ4v) is 1.87. The van der Waals surface area contributed by atoms with Crippen molar-refractivity contribution in [3.05, 3.63) is 23.5 Å². The SMILES string of the molecule is CC(C)c1ccc(C(=O)NCC2CCCO2)nn1. The zero-order chi connectivity index (χ0) is 13.0. The zero-order valence-electron chi connectivity index (χ0n) is 10.8. The van der Waals surface area contributed by atoms with Crippen molar-refractivity contribution >= 4 is 5.91 Å². The van der Waals surface area contributed by atoms with Gasteiger partial charge in [-0.1, -0.05) is 13.8 Å². The molecule has 1 atom stereocenters. The topological polar surface area (TPSA) is 64.1 Å². The molecule has 1 aromatic heterocycles. The normalized spacial score (nSPS) is 19.2. The molecule has 1 unspecified atom stereocenters. The number of amides is 1. The number of rotatable bonds is 4. The lowest BCUT2D eigenvalue weighted by Gasteiger charge is -2.10. The van der Waals surface area contributed by atoms with Crippen LogP contribution in [0.4, 0.5) is 0 Å². The molecule has 1 aliphatic rings. The van der Waals surface area contributed by atoms with Gasteiger partial charge in [-0.25, -0.2) is 0 Å². The van der Waals surface area contributed by atoms with Gasteiger partial charge in [-0.05, 0) is 30.9 Å². The first kappa shape index (κ1) is 13.0. The molecule has 1 aromatic rings. The van der Waals surface area contributed by atoms with Crippen molar-refractivity contribution in [3.8, 4) is 0 Å². The van der Waals surface area contributed by atoms with E-state index in [1.165, 1.54) is 0 Å². The number of aromatic nitrogens is 2. The van der Waals surface area contributed by atoms with Crippen molar-refractivity contribution in [2.45, 2.75) is 38.7 Å². The second-order valence-corrected chi connectivity index (χ2v) is 4.84. The average Bonchev–Trinajstić information content (AvgIpc) is 2.89. The number of nitrogens with zero attached hydrogens (tertiary/aromatic N) is 2. The van der Waals surface area contributed by atoms with E-state index in [-0.39, 0.29) is 12.0 Å². The van der Waals surface area contributed by atoms with Crippen LogP contribution in [0.15, 0.2) is 12.1 Å². The molecule has 18 heavy (non-hydrogen) atoms. The Morgan fingerprint density at radius 3 is 2.89 bits per heavy atom. The Bertz CT molecular complexity index is 397. The van der Waals surface area contributed by atoms with E-state index < -0.39 is 0 Å². The molecule has 1 N–H and O–H groups in total. The van der Waals surface area contributed by atoms with Crippen molar-refractivity contribution in [1.29, 1.82) is 0 Å². The molecule has 5 heteroatoms. The minimum absolute atomic E-state index is 0.150. The highest BCUT2D eigenvalue weighted by Gasteiger charge is 2.17. The number of carbonyl (C=O) groups is 1. The Morgan fingerprint density at radius 2 is 2.33 bits per heavy atom. The van der Waals surface area contributed by atoms with Crippen LogP contribution in [-0.4, -0.2) is 35.4 Å². The summed E-state index contributed by atoms with van der Waals surface area (Å²) in [4.78, 5) is 11.8. The molecule has 2 heterocycles. The highest BCUT2D eigenvalue weighted by molar-refractivity contribution is 5.92. The van der Waals surface area contributed by atoms with E-state index in [2.05, 4.69) is 15.5 Å². The van der Waals surface area contributed by atoms with Gasteiger partial charge in [0.15, 0.2) is 5.69 Å². The van der Waals surface area contributed by atoms with Gasteiger partial charge in [-0.2, -0.15) is 5.10 Å². The summed E-state index contributed by atoms with van der Waals surface area (Å²) in [5.41, 5.74) is 1.25. The predicted octanol–water partition coefficient (Wildman–Crippen LogP) is 1.51. The van der Waals surface area contributed by atoms with Crippen LogP contribution in [0, 0.1) is 0 Å². The van der Waals surface area contributed by atoms with Crippen LogP contribution >= 0.6 is 0 Å². The van der Waals surface area contributed by atoms with E-state index in [0.29, 0.717) is 18.2 Å². The molecule has 1 aliphatic heterocycles. The van der Waals surface area contributed by atoms with Gasteiger partial charge < -0.3 is 10.1 Å². The smallest absolute Gasteiger partial charge is 0.271 e. The molecule has 1 amide bonds. The summed E-state index contributed by atoms with van der Waals surface area (Å²) in [6.07, 6.45) is 2.23. The van der Waals surface area contributed by atoms with Crippen LogP contribution in [-0.2, 0) is 4.74 Å². The summed E-state index contributed by atoms with van der Waals surface area (Å²) in [5, 5.41) is 10.8. The first-order valence-corrected chi connectivity index (χ1v) is 6.40. The van der Waals surface area contributed by atoms with Crippen molar-refractivity contribution in [2.24, 2.45) is 0 Å². The van der Waals surface area contributed by atoms with Gasteiger partial charge in [-0.15, -0.1) is 5.10 Å². The second-order valence-electron chi connectivity index (χ2n) is 4.84. The Hall–Kier alpha value is -1.49. The molecule has 0 aliphatic carbocycles. The number of hydrogen-bond donors (Lipinski definition) is 1. The van der Waals surface area contributed by atoms with Gasteiger partial charge >= 0.3 is 0 Å². The lowest BCUT2D eigenvalue weighted by atomic mass is 10.1. The van der Waals surface area contributed by atoms with Crippen LogP contribution in [0.1, 0.15) is 48.8 Å². The fraction of sp³-hybridized carbons (Fsp3) is 0.615. The molecule has 5 nitrogen and oxygen atoms in total. The molecule has 1 saturated heterocycles. The molecule has 98 valence electrons. The summed E-state index contributed by atoms with van der Waals surface area (Å²) < 4.78 is 5.44. The van der Waals surface area contributed by atoms with Gasteiger partial charge in [0.1, 0.15) is 0 Å². The standard InChI is InChI=1S/C13H19N3O2/c1-9(2)11-5-6-12(16-15-11)13(17)14-8-10-4-3-7-18-10/h5-6,9-10H,3-4,7-8H2,1-2H3,(H,14,17). The van der Waals surface area contributed by atoms with Crippen LogP contribution in [0.25, 0.3) is 0 Å². The molecule has 0 aromatic carbocycles. The fourth-order valence-electron chi connectivity index (χ4n) is 1.87. The molecule has 0 spiro atoms. The van der Waals surface area contributed by atoms with Crippen molar-refractivity contribution in [3.63, 3.8) is 0 Å². The van der Waals surface area contributed by atoms with Gasteiger partial charge in [0.05, 0.1) is 11.8 Å². The number of nitrogens with one attached hydrogen (secondary N) is 1. The Morgan fingerprint density at radius 1 is 1.50 bits per heavy atom. The van der Waals surface area contributed by atoms with E-state index in [9.17, 15) is 4.79 Å². The van der Waals surface area contributed by atoms with Crippen LogP contribution in [0.2, 0.25) is 0 Å². The van der Waals surface area contributed by atoms with E-state index in [1.54, 1.807) is 6.07 Å². The Balaban J connectivity index is 1.87. The average molecular weight is 249 g/mol. The lowest BCUT2D eigenvalue weighted by Crippen LogP contribution is -2.32. The first-order valence-electron chi connectivity index (χ1n) is 6.40. The van der Waals surface area contributed by atoms with Crippen molar-refractivity contribution in [1.82, 2.24) is 15.5 Å². The van der Waals surface area contributed by atoms with E-state index in [4.69, 9.17) is 4.74 Å². The minimum Gasteiger partial charge on any atom is -0.376 e. The number of ether oxygens (including phenoxy) is 1. The van der Waals surface area contributed by atoms with Gasteiger partial charge in [0.25, 0.3) is 5.91 Å². The minimum atomic E-state index is -0.187. The number of carbonyl (C=O) groups excluding carboxylic acids is 1. The maximum Gasteiger partial charge on any atom is 0.271 e. The van der Waals surface area contributed by atoms with Crippen LogP contribution in [0.3, 0.4) is 0 Å². The quantitative estimate of drug-likeness (QED) is 0.878. The predicted molar refractivity (Wildman–Crippen MR) is 67.4 cm³/mol. The Labute approximate surface area is 107 Å². The highest BCUT2D eigenvalue weighted by atomic mass is 16.5. The Kier molecular flexibility index (Phi) is 4.25. The molecule has 2 rings (SSSR count). The van der Waals surface area contributed by atoms with Crippen molar-refractivity contribution < 1.29 is 9.53 Å². The molecule has 0 bridgehead atoms. The van der Waals surface area contributed by atoms with Gasteiger partial charge in [0.2, 0.25) is 0 Å². The third kappa shape index (κ3) is 3.26. The van der Waals surface area contributed by atoms with Gasteiger partial charge in [0, 0.05) is 13.2 Å². The molecular weight excluding hydrogens is 230 g/mol. The molecular formula is C13H19N3O2. The summed E-state index contributed by atoms with van der Waals surface area (Å²) >= 11 is 0. The lowest BCUT2D eigenvalue weighted by molar-refractivity contribution is 0.0853. The largest absolute Gasteiger partial charge is 0.376 e. The third-order valence-electron chi connectivity index (χ3n) is 3.02. The molecule has 0 saturated carbocycles. The van der Waals surface area contributed by atoms with Crippen molar-refractivity contribution in [2.75, 3.05) is 13.2 Å². The summed E-state index contributed by atoms with van der Waals surface area (Å²) in [6.45, 7) is 5.43. The monoisotopic (exact) mass is 249 g/mol. The van der Waals surface area contributed by atoms with E-state index in [1.807, 2.05) is 19.9 Å². The molecule has 0 radical (unpaired) electrons. The number of hydrogen-bond acceptors (Lipinski definition) is 4. The zero-order valence-corrected chi connectivity index (χ0v) is 10.8.